The number of amides is 1. The van der Waals surface area contributed by atoms with Gasteiger partial charge in [-0.2, -0.15) is 0 Å². The molecule has 1 aromatic heterocycles. The molecule has 6 N–H and O–H groups in total. The molecule has 0 aliphatic carbocycles. The van der Waals surface area contributed by atoms with Crippen LogP contribution in [0.3, 0.4) is 0 Å². The van der Waals surface area contributed by atoms with Gasteiger partial charge < -0.3 is 35.8 Å². The summed E-state index contributed by atoms with van der Waals surface area (Å²) in [6.45, 7) is 7.37. The van der Waals surface area contributed by atoms with E-state index in [2.05, 4.69) is 21.8 Å². The molecule has 1 radical (unpaired) electrons. The van der Waals surface area contributed by atoms with Crippen molar-refractivity contribution in [3.8, 4) is 0 Å². The molecule has 0 unspecified atom stereocenters. The predicted molar refractivity (Wildman–Crippen MR) is 111 cm³/mol. The molecule has 1 aliphatic rings. The second-order valence-electron chi connectivity index (χ2n) is 6.16. The van der Waals surface area contributed by atoms with Crippen molar-refractivity contribution in [2.24, 2.45) is 5.73 Å². The maximum Gasteiger partial charge on any atom is 0.414 e. The minimum absolute atomic E-state index is 0.240. The monoisotopic (exact) mass is 422 g/mol. The number of carbonyl (C=O) groups is 3. The number of anilines is 1. The second-order valence-corrected chi connectivity index (χ2v) is 6.16. The number of hydrogen-bond acceptors (Lipinski definition) is 6. The molecule has 1 fully saturated rings. The van der Waals surface area contributed by atoms with E-state index in [1.165, 1.54) is 4.90 Å². The van der Waals surface area contributed by atoms with Gasteiger partial charge in [-0.25, -0.2) is 19.4 Å². The van der Waals surface area contributed by atoms with Gasteiger partial charge >= 0.3 is 18.0 Å². The van der Waals surface area contributed by atoms with Gasteiger partial charge in [0.25, 0.3) is 0 Å². The first-order valence-corrected chi connectivity index (χ1v) is 9.40. The third-order valence-electron chi connectivity index (χ3n) is 4.29. The highest BCUT2D eigenvalue weighted by molar-refractivity contribution is 6.27. The minimum Gasteiger partial charge on any atom is -0.473 e. The summed E-state index contributed by atoms with van der Waals surface area (Å²) in [5.41, 5.74) is 7.73. The number of carboxylic acid groups (broad SMARTS) is 3. The van der Waals surface area contributed by atoms with Crippen LogP contribution >= 0.6 is 0 Å². The molecule has 0 atom stereocenters. The number of piperidine rings is 1. The Morgan fingerprint density at radius 3 is 2.20 bits per heavy atom. The number of fused-ring (bicyclic) bond motifs is 1. The summed E-state index contributed by atoms with van der Waals surface area (Å²) in [6, 6.07) is 8.23. The summed E-state index contributed by atoms with van der Waals surface area (Å²) in [7, 11) is 0. The molecular formula is C19H28N5O6. The topological polar surface area (TPSA) is 171 Å². The van der Waals surface area contributed by atoms with Gasteiger partial charge in [0.15, 0.2) is 0 Å². The van der Waals surface area contributed by atoms with Crippen molar-refractivity contribution >= 4 is 35.0 Å². The molecule has 2 heterocycles. The lowest BCUT2D eigenvalue weighted by Gasteiger charge is -2.30. The number of likely N-dealkylation sites (tertiary alicyclic amines) is 1. The van der Waals surface area contributed by atoms with Gasteiger partial charge in [0.2, 0.25) is 5.95 Å². The van der Waals surface area contributed by atoms with E-state index in [0.717, 1.165) is 29.8 Å². The zero-order chi connectivity index (χ0) is 22.7. The minimum atomic E-state index is -1.82. The number of rotatable bonds is 4. The number of carboxylic acids is 2. The summed E-state index contributed by atoms with van der Waals surface area (Å²) in [5.74, 6) is -2.83. The Kier molecular flexibility index (Phi) is 10.1. The van der Waals surface area contributed by atoms with E-state index in [1.54, 1.807) is 6.92 Å². The average molecular weight is 422 g/mol. The number of benzene rings is 1. The van der Waals surface area contributed by atoms with Crippen molar-refractivity contribution in [1.29, 1.82) is 0 Å². The third kappa shape index (κ3) is 6.92. The van der Waals surface area contributed by atoms with Crippen LogP contribution in [0.4, 0.5) is 10.7 Å². The van der Waals surface area contributed by atoms with Crippen LogP contribution < -0.4 is 11.1 Å². The number of aliphatic carboxylic acids is 2. The highest BCUT2D eigenvalue weighted by atomic mass is 16.4. The smallest absolute Gasteiger partial charge is 0.414 e. The van der Waals surface area contributed by atoms with Crippen molar-refractivity contribution in [1.82, 2.24) is 14.5 Å². The number of nitrogens with two attached hydrogens (primary N) is 1. The van der Waals surface area contributed by atoms with Crippen LogP contribution in [0.25, 0.3) is 11.0 Å². The molecular weight excluding hydrogens is 394 g/mol. The zero-order valence-electron chi connectivity index (χ0n) is 16.8. The number of nitrogens with one attached hydrogen (secondary N) is 1. The molecule has 3 rings (SSSR count). The molecule has 1 saturated heterocycles. The van der Waals surface area contributed by atoms with E-state index >= 15 is 0 Å². The number of nitrogens with zero attached hydrogens (tertiary/aromatic N) is 3. The van der Waals surface area contributed by atoms with Crippen LogP contribution in [0, 0.1) is 6.92 Å². The van der Waals surface area contributed by atoms with Crippen LogP contribution in [0.2, 0.25) is 0 Å². The molecule has 0 saturated carbocycles. The fourth-order valence-electron chi connectivity index (χ4n) is 2.94. The van der Waals surface area contributed by atoms with E-state index in [0.29, 0.717) is 26.2 Å². The highest BCUT2D eigenvalue weighted by Gasteiger charge is 2.23. The van der Waals surface area contributed by atoms with E-state index in [1.807, 2.05) is 24.3 Å². The van der Waals surface area contributed by atoms with Crippen LogP contribution in [0.5, 0.6) is 0 Å². The molecule has 0 spiro atoms. The van der Waals surface area contributed by atoms with Gasteiger partial charge in [-0.05, 0) is 25.0 Å². The van der Waals surface area contributed by atoms with Gasteiger partial charge in [0, 0.05) is 32.2 Å². The van der Waals surface area contributed by atoms with Gasteiger partial charge in [-0.15, -0.1) is 0 Å². The van der Waals surface area contributed by atoms with E-state index < -0.39 is 18.0 Å². The summed E-state index contributed by atoms with van der Waals surface area (Å²) < 4.78 is 2.10. The Morgan fingerprint density at radius 1 is 1.13 bits per heavy atom. The number of para-hydroxylation sites is 2. The van der Waals surface area contributed by atoms with E-state index in [-0.39, 0.29) is 6.04 Å². The Labute approximate surface area is 174 Å². The van der Waals surface area contributed by atoms with Crippen molar-refractivity contribution in [3.63, 3.8) is 0 Å². The lowest BCUT2D eigenvalue weighted by molar-refractivity contribution is -0.159. The van der Waals surface area contributed by atoms with Gasteiger partial charge in [0.1, 0.15) is 0 Å². The molecule has 1 aromatic carbocycles. The predicted octanol–water partition coefficient (Wildman–Crippen LogP) is 1.55. The quantitative estimate of drug-likeness (QED) is 0.458. The molecule has 11 nitrogen and oxygen atoms in total. The maximum absolute atomic E-state index is 11.0. The molecule has 2 aromatic rings. The third-order valence-corrected chi connectivity index (χ3v) is 4.29. The molecule has 1 amide bonds. The molecule has 11 heteroatoms. The zero-order valence-corrected chi connectivity index (χ0v) is 16.8. The van der Waals surface area contributed by atoms with E-state index in [9.17, 15) is 4.79 Å². The SMILES string of the molecule is NCCn1c(NC2CCN(C(=O)O)CC2)nc2ccccc21.O=C(O)C(=O)O.[CH2]C. The number of hydrogen-bond donors (Lipinski definition) is 5. The fraction of sp³-hybridized carbons (Fsp3) is 0.421. The highest BCUT2D eigenvalue weighted by Crippen LogP contribution is 2.22. The first-order valence-electron chi connectivity index (χ1n) is 9.40. The largest absolute Gasteiger partial charge is 0.473 e. The number of aromatic nitrogens is 2. The molecule has 1 aliphatic heterocycles. The van der Waals surface area contributed by atoms with Gasteiger partial charge in [0.05, 0.1) is 11.0 Å². The second kappa shape index (κ2) is 12.3. The lowest BCUT2D eigenvalue weighted by atomic mass is 10.1. The van der Waals surface area contributed by atoms with Gasteiger partial charge in [-0.1, -0.05) is 26.0 Å². The fourth-order valence-corrected chi connectivity index (χ4v) is 2.94. The average Bonchev–Trinajstić information content (AvgIpc) is 3.08. The van der Waals surface area contributed by atoms with Crippen molar-refractivity contribution in [3.05, 3.63) is 31.2 Å². The Balaban J connectivity index is 0.000000487. The maximum atomic E-state index is 11.0. The van der Waals surface area contributed by atoms with Crippen molar-refractivity contribution < 1.29 is 29.7 Å². The van der Waals surface area contributed by atoms with Crippen LogP contribution in [-0.4, -0.2) is 73.5 Å². The first-order chi connectivity index (χ1) is 14.3. The van der Waals surface area contributed by atoms with E-state index in [4.69, 9.17) is 30.6 Å². The summed E-state index contributed by atoms with van der Waals surface area (Å²) in [5, 5.41) is 27.2. The first kappa shape index (κ1) is 24.7. The Bertz CT molecular complexity index is 833. The summed E-state index contributed by atoms with van der Waals surface area (Å²) in [4.78, 5) is 35.3. The summed E-state index contributed by atoms with van der Waals surface area (Å²) >= 11 is 0. The Hall–Kier alpha value is -3.34. The van der Waals surface area contributed by atoms with Crippen LogP contribution in [0.1, 0.15) is 19.8 Å². The molecule has 0 bridgehead atoms. The van der Waals surface area contributed by atoms with Crippen LogP contribution in [-0.2, 0) is 16.1 Å². The normalized spacial score (nSPS) is 13.5. The van der Waals surface area contributed by atoms with Crippen molar-refractivity contribution in [2.75, 3.05) is 25.0 Å². The number of imidazole rings is 1. The molecule has 30 heavy (non-hydrogen) atoms. The summed E-state index contributed by atoms with van der Waals surface area (Å²) in [6.07, 6.45) is 0.741. The standard InChI is InChI=1S/C15H21N5O2.C2H2O4.C2H5/c16-7-10-20-13-4-2-1-3-12(13)18-14(20)17-11-5-8-19(9-6-11)15(21)22;3-1(4)2(5)6;1-2/h1-4,11H,5-10,16H2,(H,17,18)(H,21,22);(H,3,4)(H,5,6);1H2,2H3. The lowest BCUT2D eigenvalue weighted by Crippen LogP contribution is -2.42. The van der Waals surface area contributed by atoms with Gasteiger partial charge in [-0.3, -0.25) is 0 Å². The van der Waals surface area contributed by atoms with Crippen molar-refractivity contribution in [2.45, 2.75) is 32.4 Å². The molecule has 165 valence electrons. The Morgan fingerprint density at radius 2 is 1.70 bits per heavy atom. The van der Waals surface area contributed by atoms with Crippen LogP contribution in [0.15, 0.2) is 24.3 Å².